The monoisotopic (exact) mass is 280 g/mol. The summed E-state index contributed by atoms with van der Waals surface area (Å²) in [5.74, 6) is -0.897. The summed E-state index contributed by atoms with van der Waals surface area (Å²) in [6.45, 7) is -0.0166. The summed E-state index contributed by atoms with van der Waals surface area (Å²) in [5.41, 5.74) is 0.418. The molecule has 6 heteroatoms. The van der Waals surface area contributed by atoms with Gasteiger partial charge in [-0.2, -0.15) is 5.26 Å². The molecule has 5 nitrogen and oxygen atoms in total. The van der Waals surface area contributed by atoms with E-state index in [4.69, 9.17) is 21.6 Å². The smallest absolute Gasteiger partial charge is 0.325 e. The Bertz CT molecular complexity index is 480. The summed E-state index contributed by atoms with van der Waals surface area (Å²) in [5, 5.41) is 11.3. The van der Waals surface area contributed by atoms with Crippen molar-refractivity contribution in [1.29, 1.82) is 5.26 Å². The van der Waals surface area contributed by atoms with Crippen LogP contribution in [0.4, 0.5) is 0 Å². The lowest BCUT2D eigenvalue weighted by Crippen LogP contribution is -2.30. The molecular formula is C13H13ClN2O3. The highest BCUT2D eigenvalue weighted by Gasteiger charge is 2.08. The fourth-order valence-electron chi connectivity index (χ4n) is 1.24. The number of hydrogen-bond donors (Lipinski definition) is 1. The van der Waals surface area contributed by atoms with Crippen LogP contribution in [0.25, 0.3) is 0 Å². The molecule has 0 fully saturated rings. The van der Waals surface area contributed by atoms with E-state index in [2.05, 4.69) is 5.32 Å². The zero-order valence-corrected chi connectivity index (χ0v) is 10.9. The van der Waals surface area contributed by atoms with Gasteiger partial charge in [0.05, 0.1) is 12.7 Å². The van der Waals surface area contributed by atoms with Gasteiger partial charge in [-0.3, -0.25) is 9.59 Å². The number of hydrogen-bond acceptors (Lipinski definition) is 4. The predicted octanol–water partition coefficient (Wildman–Crippen LogP) is 1.92. The van der Waals surface area contributed by atoms with E-state index in [1.54, 1.807) is 24.3 Å². The van der Waals surface area contributed by atoms with E-state index in [-0.39, 0.29) is 19.1 Å². The second-order valence-corrected chi connectivity index (χ2v) is 4.11. The Hall–Kier alpha value is -2.06. The molecule has 1 aromatic carbocycles. The molecule has 1 N–H and O–H groups in total. The highest BCUT2D eigenvalue weighted by molar-refractivity contribution is 6.30. The van der Waals surface area contributed by atoms with Crippen LogP contribution < -0.4 is 5.32 Å². The number of nitrogens with one attached hydrogen (secondary N) is 1. The van der Waals surface area contributed by atoms with Crippen LogP contribution in [0.15, 0.2) is 24.3 Å². The number of nitriles is 1. The van der Waals surface area contributed by atoms with Crippen LogP contribution in [0, 0.1) is 11.3 Å². The van der Waals surface area contributed by atoms with Crippen molar-refractivity contribution in [2.45, 2.75) is 12.8 Å². The van der Waals surface area contributed by atoms with Gasteiger partial charge in [-0.15, -0.1) is 0 Å². The van der Waals surface area contributed by atoms with Gasteiger partial charge < -0.3 is 10.1 Å². The average Bonchev–Trinajstić information content (AvgIpc) is 2.42. The van der Waals surface area contributed by atoms with Crippen molar-refractivity contribution in [2.75, 3.05) is 13.2 Å². The molecule has 0 aromatic heterocycles. The molecule has 0 aliphatic rings. The zero-order valence-electron chi connectivity index (χ0n) is 10.2. The third-order valence-electron chi connectivity index (χ3n) is 2.20. The lowest BCUT2D eigenvalue weighted by Gasteiger charge is -2.05. The number of amides is 1. The van der Waals surface area contributed by atoms with Crippen molar-refractivity contribution < 1.29 is 14.3 Å². The molecule has 0 aliphatic carbocycles. The number of benzene rings is 1. The largest absolute Gasteiger partial charge is 0.464 e. The number of carbonyl (C=O) groups excluding carboxylic acids is 2. The standard InChI is InChI=1S/C13H13ClN2O3/c14-11-5-3-10(4-6-11)13(18)16-9-12(17)19-8-2-1-7-15/h3-6H,1-2,8-9H2,(H,16,18). The van der Waals surface area contributed by atoms with Gasteiger partial charge >= 0.3 is 5.97 Å². The number of halogens is 1. The van der Waals surface area contributed by atoms with Crippen LogP contribution >= 0.6 is 11.6 Å². The van der Waals surface area contributed by atoms with Crippen LogP contribution in [0.1, 0.15) is 23.2 Å². The highest BCUT2D eigenvalue weighted by atomic mass is 35.5. The Balaban J connectivity index is 2.28. The van der Waals surface area contributed by atoms with Gasteiger partial charge in [-0.05, 0) is 30.7 Å². The second kappa shape index (κ2) is 8.11. The van der Waals surface area contributed by atoms with E-state index in [0.29, 0.717) is 23.4 Å². The first kappa shape index (κ1) is 15.0. The Morgan fingerprint density at radius 3 is 2.63 bits per heavy atom. The lowest BCUT2D eigenvalue weighted by molar-refractivity contribution is -0.142. The van der Waals surface area contributed by atoms with Crippen LogP contribution in [0.2, 0.25) is 5.02 Å². The maximum atomic E-state index is 11.6. The van der Waals surface area contributed by atoms with Gasteiger partial charge in [0.15, 0.2) is 0 Å². The number of unbranched alkanes of at least 4 members (excludes halogenated alkanes) is 1. The van der Waals surface area contributed by atoms with E-state index in [9.17, 15) is 9.59 Å². The minimum Gasteiger partial charge on any atom is -0.464 e. The van der Waals surface area contributed by atoms with Gasteiger partial charge in [-0.25, -0.2) is 0 Å². The first-order valence-electron chi connectivity index (χ1n) is 5.70. The average molecular weight is 281 g/mol. The van der Waals surface area contributed by atoms with E-state index < -0.39 is 5.97 Å². The van der Waals surface area contributed by atoms with Crippen LogP contribution in [-0.4, -0.2) is 25.0 Å². The van der Waals surface area contributed by atoms with Crippen molar-refractivity contribution in [3.8, 4) is 6.07 Å². The van der Waals surface area contributed by atoms with Crippen molar-refractivity contribution in [1.82, 2.24) is 5.32 Å². The zero-order chi connectivity index (χ0) is 14.1. The molecule has 1 rings (SSSR count). The third-order valence-corrected chi connectivity index (χ3v) is 2.45. The van der Waals surface area contributed by atoms with E-state index in [1.807, 2.05) is 6.07 Å². The molecule has 0 saturated heterocycles. The molecule has 0 saturated carbocycles. The van der Waals surface area contributed by atoms with Crippen molar-refractivity contribution in [2.24, 2.45) is 0 Å². The van der Waals surface area contributed by atoms with E-state index in [0.717, 1.165) is 0 Å². The molecule has 100 valence electrons. The van der Waals surface area contributed by atoms with E-state index in [1.165, 1.54) is 0 Å². The molecule has 19 heavy (non-hydrogen) atoms. The maximum Gasteiger partial charge on any atom is 0.325 e. The maximum absolute atomic E-state index is 11.6. The second-order valence-electron chi connectivity index (χ2n) is 3.67. The Kier molecular flexibility index (Phi) is 6.41. The quantitative estimate of drug-likeness (QED) is 0.638. The number of carbonyl (C=O) groups is 2. The molecule has 0 atom stereocenters. The summed E-state index contributed by atoms with van der Waals surface area (Å²) in [7, 11) is 0. The molecule has 0 heterocycles. The summed E-state index contributed by atoms with van der Waals surface area (Å²) in [6.07, 6.45) is 0.831. The van der Waals surface area contributed by atoms with Crippen molar-refractivity contribution >= 4 is 23.5 Å². The molecule has 0 bridgehead atoms. The third kappa shape index (κ3) is 5.89. The SMILES string of the molecule is N#CCCCOC(=O)CNC(=O)c1ccc(Cl)cc1. The summed E-state index contributed by atoms with van der Waals surface area (Å²) < 4.78 is 4.82. The van der Waals surface area contributed by atoms with Gasteiger partial charge in [0.25, 0.3) is 5.91 Å². The number of nitrogens with zero attached hydrogens (tertiary/aromatic N) is 1. The molecule has 0 spiro atoms. The summed E-state index contributed by atoms with van der Waals surface area (Å²) in [4.78, 5) is 22.9. The first-order chi connectivity index (χ1) is 9.13. The molecular weight excluding hydrogens is 268 g/mol. The number of ether oxygens (including phenoxy) is 1. The summed E-state index contributed by atoms with van der Waals surface area (Å²) >= 11 is 5.70. The minimum absolute atomic E-state index is 0.184. The minimum atomic E-state index is -0.528. The predicted molar refractivity (Wildman–Crippen MR) is 69.6 cm³/mol. The first-order valence-corrected chi connectivity index (χ1v) is 6.07. The Labute approximate surface area is 116 Å². The van der Waals surface area contributed by atoms with Gasteiger partial charge in [-0.1, -0.05) is 11.6 Å². The molecule has 1 amide bonds. The lowest BCUT2D eigenvalue weighted by atomic mass is 10.2. The van der Waals surface area contributed by atoms with Crippen molar-refractivity contribution in [3.63, 3.8) is 0 Å². The van der Waals surface area contributed by atoms with Crippen LogP contribution in [-0.2, 0) is 9.53 Å². The van der Waals surface area contributed by atoms with Gasteiger partial charge in [0.2, 0.25) is 0 Å². The molecule has 1 aromatic rings. The van der Waals surface area contributed by atoms with E-state index >= 15 is 0 Å². The van der Waals surface area contributed by atoms with Gasteiger partial charge in [0.1, 0.15) is 6.54 Å². The fraction of sp³-hybridized carbons (Fsp3) is 0.308. The van der Waals surface area contributed by atoms with Crippen LogP contribution in [0.5, 0.6) is 0 Å². The highest BCUT2D eigenvalue weighted by Crippen LogP contribution is 2.09. The van der Waals surface area contributed by atoms with Gasteiger partial charge in [0, 0.05) is 17.0 Å². The topological polar surface area (TPSA) is 79.2 Å². The normalized spacial score (nSPS) is 9.47. The number of rotatable bonds is 6. The fourth-order valence-corrected chi connectivity index (χ4v) is 1.37. The summed E-state index contributed by atoms with van der Waals surface area (Å²) in [6, 6.07) is 8.26. The Morgan fingerprint density at radius 2 is 2.00 bits per heavy atom. The molecule has 0 radical (unpaired) electrons. The molecule has 0 aliphatic heterocycles. The van der Waals surface area contributed by atoms with Crippen molar-refractivity contribution in [3.05, 3.63) is 34.9 Å². The molecule has 0 unspecified atom stereocenters. The number of esters is 1. The Morgan fingerprint density at radius 1 is 1.32 bits per heavy atom. The van der Waals surface area contributed by atoms with Crippen LogP contribution in [0.3, 0.4) is 0 Å².